The molecule has 0 spiro atoms. The number of nitrogens with zero attached hydrogens (tertiary/aromatic N) is 3. The Morgan fingerprint density at radius 3 is 2.68 bits per heavy atom. The van der Waals surface area contributed by atoms with Gasteiger partial charge in [0.1, 0.15) is 0 Å². The van der Waals surface area contributed by atoms with E-state index in [1.807, 2.05) is 61.4 Å². The van der Waals surface area contributed by atoms with E-state index in [9.17, 15) is 4.79 Å². The Morgan fingerprint density at radius 2 is 1.96 bits per heavy atom. The Kier molecular flexibility index (Phi) is 6.70. The third kappa shape index (κ3) is 5.12. The van der Waals surface area contributed by atoms with Crippen molar-refractivity contribution >= 4 is 28.4 Å². The lowest BCUT2D eigenvalue weighted by Crippen LogP contribution is -2.31. The lowest BCUT2D eigenvalue weighted by molar-refractivity contribution is -0.122. The summed E-state index contributed by atoms with van der Waals surface area (Å²) >= 11 is 6.01. The molecule has 148 valence electrons. The molecule has 0 aliphatic rings. The van der Waals surface area contributed by atoms with Crippen molar-refractivity contribution in [3.63, 3.8) is 0 Å². The number of amides is 1. The third-order valence-corrected chi connectivity index (χ3v) is 5.18. The van der Waals surface area contributed by atoms with Crippen molar-refractivity contribution in [3.8, 4) is 0 Å². The van der Waals surface area contributed by atoms with Crippen LogP contribution in [0, 0.1) is 6.92 Å². The number of halogens is 1. The van der Waals surface area contributed by atoms with Gasteiger partial charge in [-0.1, -0.05) is 35.9 Å². The number of rotatable bonds is 8. The predicted molar refractivity (Wildman–Crippen MR) is 115 cm³/mol. The highest BCUT2D eigenvalue weighted by Crippen LogP contribution is 2.21. The maximum Gasteiger partial charge on any atom is 0.222 e. The zero-order chi connectivity index (χ0) is 20.1. The number of aromatic nitrogens is 2. The molecule has 1 unspecified atom stereocenters. The number of carbonyl (C=O) groups is 1. The zero-order valence-electron chi connectivity index (χ0n) is 16.7. The second kappa shape index (κ2) is 9.22. The zero-order valence-corrected chi connectivity index (χ0v) is 17.4. The van der Waals surface area contributed by atoms with E-state index >= 15 is 0 Å². The number of hydrogen-bond acceptors (Lipinski definition) is 3. The van der Waals surface area contributed by atoms with Crippen LogP contribution < -0.4 is 5.32 Å². The van der Waals surface area contributed by atoms with Gasteiger partial charge < -0.3 is 10.2 Å². The molecule has 5 nitrogen and oxygen atoms in total. The van der Waals surface area contributed by atoms with Crippen molar-refractivity contribution < 1.29 is 4.79 Å². The molecule has 0 aliphatic carbocycles. The first-order valence-electron chi connectivity index (χ1n) is 9.55. The van der Waals surface area contributed by atoms with Gasteiger partial charge in [0, 0.05) is 16.8 Å². The van der Waals surface area contributed by atoms with E-state index < -0.39 is 0 Å². The van der Waals surface area contributed by atoms with Crippen LogP contribution in [0.3, 0.4) is 0 Å². The smallest absolute Gasteiger partial charge is 0.222 e. The summed E-state index contributed by atoms with van der Waals surface area (Å²) in [5.74, 6) is 0.0232. The fraction of sp³-hybridized carbons (Fsp3) is 0.364. The Balaban J connectivity index is 1.65. The number of benzene rings is 2. The summed E-state index contributed by atoms with van der Waals surface area (Å²) in [6, 6.07) is 13.8. The minimum atomic E-state index is -0.0382. The van der Waals surface area contributed by atoms with Gasteiger partial charge in [-0.05, 0) is 63.3 Å². The van der Waals surface area contributed by atoms with Crippen molar-refractivity contribution in [2.45, 2.75) is 32.4 Å². The van der Waals surface area contributed by atoms with E-state index in [1.165, 1.54) is 5.56 Å². The van der Waals surface area contributed by atoms with Crippen molar-refractivity contribution in [3.05, 3.63) is 64.8 Å². The van der Waals surface area contributed by atoms with E-state index in [4.69, 9.17) is 11.6 Å². The van der Waals surface area contributed by atoms with E-state index in [2.05, 4.69) is 28.3 Å². The van der Waals surface area contributed by atoms with Gasteiger partial charge in [-0.15, -0.1) is 0 Å². The molecule has 3 aromatic rings. The highest BCUT2D eigenvalue weighted by Gasteiger charge is 2.15. The second-order valence-electron chi connectivity index (χ2n) is 7.39. The number of nitrogens with one attached hydrogen (secondary N) is 1. The maximum atomic E-state index is 12.6. The van der Waals surface area contributed by atoms with Crippen molar-refractivity contribution in [1.82, 2.24) is 20.0 Å². The van der Waals surface area contributed by atoms with E-state index in [-0.39, 0.29) is 11.9 Å². The summed E-state index contributed by atoms with van der Waals surface area (Å²) in [7, 11) is 4.07. The topological polar surface area (TPSA) is 50.2 Å². The highest BCUT2D eigenvalue weighted by atomic mass is 35.5. The molecule has 3 rings (SSSR count). The molecular weight excluding hydrogens is 372 g/mol. The fourth-order valence-corrected chi connectivity index (χ4v) is 3.43. The normalized spacial score (nSPS) is 12.5. The first-order valence-corrected chi connectivity index (χ1v) is 9.92. The maximum absolute atomic E-state index is 12.6. The molecule has 6 heteroatoms. The van der Waals surface area contributed by atoms with Gasteiger partial charge >= 0.3 is 0 Å². The van der Waals surface area contributed by atoms with Crippen molar-refractivity contribution in [2.24, 2.45) is 0 Å². The number of fused-ring (bicyclic) bond motifs is 1. The molecule has 1 amide bonds. The second-order valence-corrected chi connectivity index (χ2v) is 7.83. The van der Waals surface area contributed by atoms with Gasteiger partial charge in [-0.25, -0.2) is 0 Å². The van der Waals surface area contributed by atoms with Crippen LogP contribution in [0.15, 0.2) is 48.7 Å². The van der Waals surface area contributed by atoms with Gasteiger partial charge in [-0.2, -0.15) is 5.10 Å². The van der Waals surface area contributed by atoms with Gasteiger partial charge in [0.05, 0.1) is 24.3 Å². The van der Waals surface area contributed by atoms with Crippen LogP contribution in [0.2, 0.25) is 5.02 Å². The van der Waals surface area contributed by atoms with Gasteiger partial charge in [0.25, 0.3) is 0 Å². The molecule has 0 saturated carbocycles. The molecule has 0 saturated heterocycles. The van der Waals surface area contributed by atoms with E-state index in [0.717, 1.165) is 29.4 Å². The third-order valence-electron chi connectivity index (χ3n) is 4.93. The molecule has 0 radical (unpaired) electrons. The Hall–Kier alpha value is -2.37. The Morgan fingerprint density at radius 1 is 1.21 bits per heavy atom. The van der Waals surface area contributed by atoms with Gasteiger partial charge in [0.2, 0.25) is 5.91 Å². The average molecular weight is 399 g/mol. The number of hydrogen-bond donors (Lipinski definition) is 1. The van der Waals surface area contributed by atoms with E-state index in [0.29, 0.717) is 18.0 Å². The summed E-state index contributed by atoms with van der Waals surface area (Å²) in [5.41, 5.74) is 3.33. The van der Waals surface area contributed by atoms with Crippen LogP contribution >= 0.6 is 11.6 Å². The molecule has 0 aliphatic heterocycles. The molecule has 0 bridgehead atoms. The van der Waals surface area contributed by atoms with E-state index in [1.54, 1.807) is 0 Å². The monoisotopic (exact) mass is 398 g/mol. The fourth-order valence-electron chi connectivity index (χ4n) is 3.30. The molecule has 1 heterocycles. The van der Waals surface area contributed by atoms with Crippen molar-refractivity contribution in [2.75, 3.05) is 20.6 Å². The first kappa shape index (κ1) is 20.4. The standard InChI is InChI=1S/C22H27ClN4O/c1-16-5-4-6-21-19(16)15-24-27(21)14-12-22(28)25-20(11-13-26(2)3)17-7-9-18(23)10-8-17/h4-10,15,20H,11-14H2,1-3H3,(H,25,28). The Labute approximate surface area is 171 Å². The summed E-state index contributed by atoms with van der Waals surface area (Å²) < 4.78 is 1.90. The van der Waals surface area contributed by atoms with Crippen LogP contribution in [0.4, 0.5) is 0 Å². The minimum Gasteiger partial charge on any atom is -0.349 e. The summed E-state index contributed by atoms with van der Waals surface area (Å²) in [4.78, 5) is 14.8. The quantitative estimate of drug-likeness (QED) is 0.618. The SMILES string of the molecule is Cc1cccc2c1cnn2CCC(=O)NC(CCN(C)C)c1ccc(Cl)cc1. The van der Waals surface area contributed by atoms with Crippen LogP contribution in [-0.2, 0) is 11.3 Å². The molecule has 1 N–H and O–H groups in total. The van der Waals surface area contributed by atoms with Crippen LogP contribution in [0.5, 0.6) is 0 Å². The lowest BCUT2D eigenvalue weighted by atomic mass is 10.0. The summed E-state index contributed by atoms with van der Waals surface area (Å²) in [6.45, 7) is 3.51. The van der Waals surface area contributed by atoms with Crippen LogP contribution in [0.1, 0.15) is 30.0 Å². The van der Waals surface area contributed by atoms with Crippen molar-refractivity contribution in [1.29, 1.82) is 0 Å². The molecule has 1 aromatic heterocycles. The number of aryl methyl sites for hydroxylation is 2. The molecule has 0 fully saturated rings. The lowest BCUT2D eigenvalue weighted by Gasteiger charge is -2.21. The average Bonchev–Trinajstić information content (AvgIpc) is 3.08. The van der Waals surface area contributed by atoms with Crippen LogP contribution in [-0.4, -0.2) is 41.2 Å². The molecule has 28 heavy (non-hydrogen) atoms. The Bertz CT molecular complexity index is 933. The molecule has 1 atom stereocenters. The predicted octanol–water partition coefficient (Wildman–Crippen LogP) is 4.20. The van der Waals surface area contributed by atoms with Gasteiger partial charge in [0.15, 0.2) is 0 Å². The molecular formula is C22H27ClN4O. The van der Waals surface area contributed by atoms with Gasteiger partial charge in [-0.3, -0.25) is 9.48 Å². The highest BCUT2D eigenvalue weighted by molar-refractivity contribution is 6.30. The first-order chi connectivity index (χ1) is 13.4. The molecule has 2 aromatic carbocycles. The number of carbonyl (C=O) groups excluding carboxylic acids is 1. The van der Waals surface area contributed by atoms with Crippen LogP contribution in [0.25, 0.3) is 10.9 Å². The minimum absolute atomic E-state index is 0.0232. The largest absolute Gasteiger partial charge is 0.349 e. The summed E-state index contributed by atoms with van der Waals surface area (Å²) in [5, 5.41) is 9.46. The summed E-state index contributed by atoms with van der Waals surface area (Å²) in [6.07, 6.45) is 3.09.